The van der Waals surface area contributed by atoms with Crippen LogP contribution in [0.25, 0.3) is 11.0 Å². The number of hydrogen-bond acceptors (Lipinski definition) is 5. The highest BCUT2D eigenvalue weighted by molar-refractivity contribution is 6.31. The Morgan fingerprint density at radius 2 is 1.90 bits per heavy atom. The first-order chi connectivity index (χ1) is 14.3. The number of fused-ring (bicyclic) bond motifs is 1. The molecule has 1 heterocycles. The molecule has 2 aromatic carbocycles. The fourth-order valence-electron chi connectivity index (χ4n) is 2.58. The van der Waals surface area contributed by atoms with Gasteiger partial charge in [0, 0.05) is 15.8 Å². The Kier molecular flexibility index (Phi) is 6.33. The van der Waals surface area contributed by atoms with Crippen molar-refractivity contribution < 1.29 is 33.0 Å². The summed E-state index contributed by atoms with van der Waals surface area (Å²) in [7, 11) is 0. The van der Waals surface area contributed by atoms with Gasteiger partial charge in [-0.2, -0.15) is 5.32 Å². The Morgan fingerprint density at radius 1 is 1.20 bits per heavy atom. The Bertz CT molecular complexity index is 1120. The average Bonchev–Trinajstić information content (AvgIpc) is 2.69. The van der Waals surface area contributed by atoms with Crippen LogP contribution >= 0.6 is 11.6 Å². The number of benzene rings is 2. The van der Waals surface area contributed by atoms with Crippen LogP contribution < -0.4 is 30.6 Å². The van der Waals surface area contributed by atoms with Gasteiger partial charge in [-0.15, -0.1) is 0 Å². The number of anilines is 2. The summed E-state index contributed by atoms with van der Waals surface area (Å²) in [5, 5.41) is 27.4. The molecule has 0 aliphatic rings. The standard InChI is InChI=1S/C18H16ClF2N5O4/c19-10-2-3-16(30-5-1-4-22)13(6-10)23-18(27)24-17-9-25(28)14-7-11(20)12(21)8-15(14)26(17)29/h2-3,6-9H,1,4-5,22H2,(H2-,23,24,27,28)/p+1. The number of ether oxygens (including phenoxy) is 1. The van der Waals surface area contributed by atoms with Crippen LogP contribution in [0.4, 0.5) is 25.1 Å². The number of nitrogens with zero attached hydrogens (tertiary/aromatic N) is 2. The average molecular weight is 441 g/mol. The first kappa shape index (κ1) is 21.3. The minimum atomic E-state index is -1.29. The number of urea groups is 1. The minimum Gasteiger partial charge on any atom is -0.710 e. The van der Waals surface area contributed by atoms with E-state index in [0.717, 1.165) is 6.20 Å². The van der Waals surface area contributed by atoms with Crippen LogP contribution in [0.5, 0.6) is 5.75 Å². The molecule has 1 aromatic heterocycles. The van der Waals surface area contributed by atoms with E-state index in [1.807, 2.05) is 0 Å². The molecule has 0 aliphatic carbocycles. The van der Waals surface area contributed by atoms with Crippen molar-refractivity contribution in [2.24, 2.45) is 5.73 Å². The topological polar surface area (TPSA) is 127 Å². The summed E-state index contributed by atoms with van der Waals surface area (Å²) >= 11 is 5.96. The fraction of sp³-hybridized carbons (Fsp3) is 0.167. The molecule has 0 radical (unpaired) electrons. The molecule has 0 saturated heterocycles. The summed E-state index contributed by atoms with van der Waals surface area (Å²) < 4.78 is 32.9. The molecule has 12 heteroatoms. The molecule has 5 N–H and O–H groups in total. The molecule has 2 amide bonds. The van der Waals surface area contributed by atoms with E-state index in [1.165, 1.54) is 6.07 Å². The molecule has 0 atom stereocenters. The molecule has 158 valence electrons. The zero-order chi connectivity index (χ0) is 21.8. The lowest BCUT2D eigenvalue weighted by Crippen LogP contribution is -2.43. The first-order valence-corrected chi connectivity index (χ1v) is 9.04. The zero-order valence-corrected chi connectivity index (χ0v) is 16.1. The number of rotatable bonds is 6. The molecule has 30 heavy (non-hydrogen) atoms. The minimum absolute atomic E-state index is 0.140. The lowest BCUT2D eigenvalue weighted by atomic mass is 10.3. The largest absolute Gasteiger partial charge is 0.710 e. The van der Waals surface area contributed by atoms with E-state index >= 15 is 0 Å². The maximum absolute atomic E-state index is 13.5. The number of carbonyl (C=O) groups is 1. The van der Waals surface area contributed by atoms with Gasteiger partial charge in [-0.1, -0.05) is 11.6 Å². The normalized spacial score (nSPS) is 10.8. The monoisotopic (exact) mass is 440 g/mol. The van der Waals surface area contributed by atoms with Crippen molar-refractivity contribution in [1.29, 1.82) is 0 Å². The quantitative estimate of drug-likeness (QED) is 0.202. The van der Waals surface area contributed by atoms with Gasteiger partial charge in [-0.3, -0.25) is 10.5 Å². The molecule has 0 fully saturated rings. The number of nitrogens with one attached hydrogen (secondary N) is 2. The van der Waals surface area contributed by atoms with E-state index in [2.05, 4.69) is 10.6 Å². The summed E-state index contributed by atoms with van der Waals surface area (Å²) in [6.45, 7) is 0.736. The van der Waals surface area contributed by atoms with Gasteiger partial charge in [0.2, 0.25) is 5.52 Å². The molecular weight excluding hydrogens is 424 g/mol. The van der Waals surface area contributed by atoms with Crippen molar-refractivity contribution in [3.8, 4) is 5.75 Å². The summed E-state index contributed by atoms with van der Waals surface area (Å²) in [5.74, 6) is -2.65. The SMILES string of the molecule is NCCCOc1ccc(Cl)cc1NC(=O)Nc1c[n+](O)c2cc(F)c(F)cc2[n+]1[O-]. The van der Waals surface area contributed by atoms with E-state index in [9.17, 15) is 24.0 Å². The fourth-order valence-corrected chi connectivity index (χ4v) is 2.76. The van der Waals surface area contributed by atoms with E-state index in [-0.39, 0.29) is 15.9 Å². The smallest absolute Gasteiger partial charge is 0.411 e. The van der Waals surface area contributed by atoms with Gasteiger partial charge in [-0.25, -0.2) is 18.3 Å². The van der Waals surface area contributed by atoms with Crippen molar-refractivity contribution in [2.75, 3.05) is 23.8 Å². The van der Waals surface area contributed by atoms with Gasteiger partial charge in [0.1, 0.15) is 5.75 Å². The van der Waals surface area contributed by atoms with E-state index in [0.29, 0.717) is 47.2 Å². The lowest BCUT2D eigenvalue weighted by Gasteiger charge is -2.12. The molecule has 0 bridgehead atoms. The van der Waals surface area contributed by atoms with E-state index < -0.39 is 29.0 Å². The highest BCUT2D eigenvalue weighted by Crippen LogP contribution is 2.28. The van der Waals surface area contributed by atoms with Gasteiger partial charge in [0.25, 0.3) is 0 Å². The van der Waals surface area contributed by atoms with Crippen molar-refractivity contribution in [3.05, 3.63) is 58.4 Å². The Labute approximate surface area is 173 Å². The van der Waals surface area contributed by atoms with Crippen LogP contribution in [0, 0.1) is 16.8 Å². The van der Waals surface area contributed by atoms with Crippen LogP contribution in [0.3, 0.4) is 0 Å². The van der Waals surface area contributed by atoms with Crippen molar-refractivity contribution >= 4 is 40.2 Å². The number of carbonyl (C=O) groups excluding carboxylic acids is 1. The predicted molar refractivity (Wildman–Crippen MR) is 103 cm³/mol. The second-order valence-corrected chi connectivity index (χ2v) is 6.56. The van der Waals surface area contributed by atoms with Gasteiger partial charge < -0.3 is 15.7 Å². The van der Waals surface area contributed by atoms with Crippen LogP contribution in [0.1, 0.15) is 6.42 Å². The summed E-state index contributed by atoms with van der Waals surface area (Å²) in [4.78, 5) is 12.4. The molecule has 0 aliphatic heterocycles. The Hall–Kier alpha value is -3.44. The molecule has 3 rings (SSSR count). The highest BCUT2D eigenvalue weighted by atomic mass is 35.5. The third kappa shape index (κ3) is 4.58. The Balaban J connectivity index is 1.85. The van der Waals surface area contributed by atoms with E-state index in [4.69, 9.17) is 22.1 Å². The summed E-state index contributed by atoms with van der Waals surface area (Å²) in [6, 6.07) is 4.95. The van der Waals surface area contributed by atoms with Crippen molar-refractivity contribution in [1.82, 2.24) is 0 Å². The number of nitrogens with two attached hydrogens (primary N) is 1. The second-order valence-electron chi connectivity index (χ2n) is 6.12. The number of hydrogen-bond donors (Lipinski definition) is 4. The number of halogens is 3. The first-order valence-electron chi connectivity index (χ1n) is 8.67. The lowest BCUT2D eigenvalue weighted by molar-refractivity contribution is -0.888. The van der Waals surface area contributed by atoms with Crippen molar-refractivity contribution in [2.45, 2.75) is 6.42 Å². The maximum Gasteiger partial charge on any atom is 0.411 e. The maximum atomic E-state index is 13.5. The number of amides is 2. The summed E-state index contributed by atoms with van der Waals surface area (Å²) in [6.07, 6.45) is 1.43. The van der Waals surface area contributed by atoms with Gasteiger partial charge in [0.15, 0.2) is 11.6 Å². The second kappa shape index (κ2) is 8.93. The summed E-state index contributed by atoms with van der Waals surface area (Å²) in [5.41, 5.74) is 4.96. The molecular formula is C18H17ClF2N5O4+. The third-order valence-electron chi connectivity index (χ3n) is 3.98. The van der Waals surface area contributed by atoms with Gasteiger partial charge >= 0.3 is 23.6 Å². The molecule has 0 unspecified atom stereocenters. The van der Waals surface area contributed by atoms with Crippen LogP contribution in [-0.2, 0) is 0 Å². The van der Waals surface area contributed by atoms with Crippen LogP contribution in [0.2, 0.25) is 5.02 Å². The highest BCUT2D eigenvalue weighted by Gasteiger charge is 2.25. The number of aromatic nitrogens is 2. The van der Waals surface area contributed by atoms with Crippen LogP contribution in [0.15, 0.2) is 36.5 Å². The zero-order valence-electron chi connectivity index (χ0n) is 15.4. The predicted octanol–water partition coefficient (Wildman–Crippen LogP) is 2.30. The van der Waals surface area contributed by atoms with Gasteiger partial charge in [-0.05, 0) is 31.2 Å². The molecule has 3 aromatic rings. The third-order valence-corrected chi connectivity index (χ3v) is 4.22. The molecule has 0 spiro atoms. The van der Waals surface area contributed by atoms with Crippen LogP contribution in [-0.4, -0.2) is 24.4 Å². The van der Waals surface area contributed by atoms with Crippen molar-refractivity contribution in [3.63, 3.8) is 0 Å². The molecule has 9 nitrogen and oxygen atoms in total. The van der Waals surface area contributed by atoms with E-state index in [1.54, 1.807) is 12.1 Å². The molecule has 0 saturated carbocycles. The Morgan fingerprint density at radius 3 is 2.60 bits per heavy atom. The van der Waals surface area contributed by atoms with Gasteiger partial charge in [0.05, 0.1) is 18.4 Å².